The highest BCUT2D eigenvalue weighted by molar-refractivity contribution is 7.71. The van der Waals surface area contributed by atoms with Crippen molar-refractivity contribution in [2.24, 2.45) is 0 Å². The number of aryl methyl sites for hydroxylation is 1. The molecule has 1 N–H and O–H groups in total. The predicted octanol–water partition coefficient (Wildman–Crippen LogP) is 2.86. The van der Waals surface area contributed by atoms with E-state index in [1.54, 1.807) is 0 Å². The van der Waals surface area contributed by atoms with Crippen molar-refractivity contribution in [2.75, 3.05) is 0 Å². The average Bonchev–Trinajstić information content (AvgIpc) is 2.51. The number of aromatic amines is 1. The van der Waals surface area contributed by atoms with Gasteiger partial charge in [-0.2, -0.15) is 5.10 Å². The summed E-state index contributed by atoms with van der Waals surface area (Å²) in [5.41, 5.74) is 0. The number of nitrogens with zero attached hydrogens (tertiary/aromatic N) is 2. The molecule has 0 spiro atoms. The summed E-state index contributed by atoms with van der Waals surface area (Å²) in [6, 6.07) is 0.501. The highest BCUT2D eigenvalue weighted by Crippen LogP contribution is 2.17. The molecule has 1 aromatic rings. The summed E-state index contributed by atoms with van der Waals surface area (Å²) in [4.78, 5) is 0. The van der Waals surface area contributed by atoms with Gasteiger partial charge in [0.25, 0.3) is 0 Å². The van der Waals surface area contributed by atoms with Crippen molar-refractivity contribution in [3.8, 4) is 0 Å². The number of hydrogen-bond acceptors (Lipinski definition) is 2. The molecule has 0 amide bonds. The minimum Gasteiger partial charge on any atom is -0.301 e. The first-order valence-corrected chi connectivity index (χ1v) is 5.31. The number of aromatic nitrogens is 3. The standard InChI is InChI=1S/C9H17N3S/c1-4-7(5-2)12-8(6-3)10-11-9(12)13/h7H,4-6H2,1-3H3,(H,11,13). The molecular weight excluding hydrogens is 182 g/mol. The number of hydrogen-bond donors (Lipinski definition) is 1. The summed E-state index contributed by atoms with van der Waals surface area (Å²) in [5.74, 6) is 1.07. The second kappa shape index (κ2) is 4.56. The Morgan fingerprint density at radius 1 is 1.38 bits per heavy atom. The van der Waals surface area contributed by atoms with Crippen LogP contribution in [0.15, 0.2) is 0 Å². The van der Waals surface area contributed by atoms with E-state index in [1.165, 1.54) is 0 Å². The van der Waals surface area contributed by atoms with E-state index >= 15 is 0 Å². The van der Waals surface area contributed by atoms with Crippen LogP contribution in [0.25, 0.3) is 0 Å². The Bertz CT molecular complexity index is 309. The summed E-state index contributed by atoms with van der Waals surface area (Å²) in [7, 11) is 0. The molecule has 0 fully saturated rings. The number of H-pyrrole nitrogens is 1. The topological polar surface area (TPSA) is 33.6 Å². The molecule has 4 heteroatoms. The van der Waals surface area contributed by atoms with Crippen LogP contribution in [0.4, 0.5) is 0 Å². The maximum Gasteiger partial charge on any atom is 0.195 e. The van der Waals surface area contributed by atoms with Crippen LogP contribution in [0.5, 0.6) is 0 Å². The van der Waals surface area contributed by atoms with E-state index in [2.05, 4.69) is 35.5 Å². The van der Waals surface area contributed by atoms with Crippen LogP contribution in [0.1, 0.15) is 45.5 Å². The molecule has 0 aliphatic carbocycles. The van der Waals surface area contributed by atoms with Gasteiger partial charge < -0.3 is 4.57 Å². The third kappa shape index (κ3) is 1.99. The molecule has 0 saturated carbocycles. The Kier molecular flexibility index (Phi) is 3.66. The lowest BCUT2D eigenvalue weighted by Gasteiger charge is -2.15. The quantitative estimate of drug-likeness (QED) is 0.756. The van der Waals surface area contributed by atoms with Gasteiger partial charge in [-0.15, -0.1) is 0 Å². The van der Waals surface area contributed by atoms with Crippen LogP contribution < -0.4 is 0 Å². The van der Waals surface area contributed by atoms with Gasteiger partial charge in [-0.05, 0) is 25.1 Å². The molecule has 0 bridgehead atoms. The maximum absolute atomic E-state index is 5.19. The van der Waals surface area contributed by atoms with E-state index < -0.39 is 0 Å². The van der Waals surface area contributed by atoms with Crippen LogP contribution in [0.2, 0.25) is 0 Å². The molecule has 0 atom stereocenters. The van der Waals surface area contributed by atoms with E-state index in [4.69, 9.17) is 12.2 Å². The fourth-order valence-electron chi connectivity index (χ4n) is 1.62. The fourth-order valence-corrected chi connectivity index (χ4v) is 1.92. The van der Waals surface area contributed by atoms with Gasteiger partial charge in [0.1, 0.15) is 5.82 Å². The Morgan fingerprint density at radius 2 is 2.00 bits per heavy atom. The molecule has 1 heterocycles. The van der Waals surface area contributed by atoms with Gasteiger partial charge in [0.15, 0.2) is 4.77 Å². The minimum absolute atomic E-state index is 0.501. The SMILES string of the molecule is CCc1n[nH]c(=S)n1C(CC)CC. The molecule has 1 rings (SSSR count). The Morgan fingerprint density at radius 3 is 2.46 bits per heavy atom. The van der Waals surface area contributed by atoms with Gasteiger partial charge in [-0.3, -0.25) is 5.10 Å². The molecule has 0 aliphatic rings. The van der Waals surface area contributed by atoms with Gasteiger partial charge >= 0.3 is 0 Å². The highest BCUT2D eigenvalue weighted by Gasteiger charge is 2.11. The Hall–Kier alpha value is -0.640. The fraction of sp³-hybridized carbons (Fsp3) is 0.778. The Labute approximate surface area is 84.2 Å². The van der Waals surface area contributed by atoms with E-state index in [0.717, 1.165) is 29.9 Å². The van der Waals surface area contributed by atoms with Crippen molar-refractivity contribution in [2.45, 2.75) is 46.1 Å². The zero-order chi connectivity index (χ0) is 9.84. The zero-order valence-corrected chi connectivity index (χ0v) is 9.32. The van der Waals surface area contributed by atoms with Crippen LogP contribution in [0, 0.1) is 4.77 Å². The maximum atomic E-state index is 5.19. The molecule has 0 aromatic carbocycles. The van der Waals surface area contributed by atoms with Gasteiger partial charge in [-0.25, -0.2) is 0 Å². The molecule has 13 heavy (non-hydrogen) atoms. The number of rotatable bonds is 4. The summed E-state index contributed by atoms with van der Waals surface area (Å²) >= 11 is 5.19. The third-order valence-electron chi connectivity index (χ3n) is 2.40. The summed E-state index contributed by atoms with van der Waals surface area (Å²) in [6.07, 6.45) is 3.15. The van der Waals surface area contributed by atoms with Gasteiger partial charge in [0, 0.05) is 12.5 Å². The van der Waals surface area contributed by atoms with Crippen LogP contribution >= 0.6 is 12.2 Å². The largest absolute Gasteiger partial charge is 0.301 e. The number of nitrogens with one attached hydrogen (secondary N) is 1. The predicted molar refractivity (Wildman–Crippen MR) is 56.4 cm³/mol. The first-order chi connectivity index (χ1) is 6.24. The summed E-state index contributed by atoms with van der Waals surface area (Å²) in [6.45, 7) is 6.47. The van der Waals surface area contributed by atoms with Crippen molar-refractivity contribution in [1.29, 1.82) is 0 Å². The molecule has 0 saturated heterocycles. The van der Waals surface area contributed by atoms with Crippen molar-refractivity contribution < 1.29 is 0 Å². The lowest BCUT2D eigenvalue weighted by molar-refractivity contribution is 0.452. The van der Waals surface area contributed by atoms with Crippen molar-refractivity contribution >= 4 is 12.2 Å². The Balaban J connectivity index is 3.09. The van der Waals surface area contributed by atoms with Crippen LogP contribution in [0.3, 0.4) is 0 Å². The molecule has 0 radical (unpaired) electrons. The molecule has 0 unspecified atom stereocenters. The van der Waals surface area contributed by atoms with Gasteiger partial charge in [0.05, 0.1) is 0 Å². The van der Waals surface area contributed by atoms with E-state index in [0.29, 0.717) is 6.04 Å². The monoisotopic (exact) mass is 199 g/mol. The van der Waals surface area contributed by atoms with Crippen molar-refractivity contribution in [3.63, 3.8) is 0 Å². The van der Waals surface area contributed by atoms with Crippen LogP contribution in [-0.2, 0) is 6.42 Å². The molecule has 3 nitrogen and oxygen atoms in total. The molecule has 74 valence electrons. The van der Waals surface area contributed by atoms with Gasteiger partial charge in [0.2, 0.25) is 0 Å². The first kappa shape index (κ1) is 10.4. The van der Waals surface area contributed by atoms with Gasteiger partial charge in [-0.1, -0.05) is 20.8 Å². The average molecular weight is 199 g/mol. The lowest BCUT2D eigenvalue weighted by Crippen LogP contribution is -2.10. The molecule has 1 aromatic heterocycles. The normalized spacial score (nSPS) is 11.1. The van der Waals surface area contributed by atoms with E-state index in [9.17, 15) is 0 Å². The molecular formula is C9H17N3S. The van der Waals surface area contributed by atoms with Crippen LogP contribution in [-0.4, -0.2) is 14.8 Å². The van der Waals surface area contributed by atoms with E-state index in [-0.39, 0.29) is 0 Å². The lowest BCUT2D eigenvalue weighted by atomic mass is 10.1. The third-order valence-corrected chi connectivity index (χ3v) is 2.69. The second-order valence-electron chi connectivity index (χ2n) is 3.14. The smallest absolute Gasteiger partial charge is 0.195 e. The summed E-state index contributed by atoms with van der Waals surface area (Å²) in [5, 5.41) is 7.05. The highest BCUT2D eigenvalue weighted by atomic mass is 32.1. The van der Waals surface area contributed by atoms with E-state index in [1.807, 2.05) is 0 Å². The first-order valence-electron chi connectivity index (χ1n) is 4.90. The molecule has 0 aliphatic heterocycles. The zero-order valence-electron chi connectivity index (χ0n) is 8.50. The second-order valence-corrected chi connectivity index (χ2v) is 3.53. The van der Waals surface area contributed by atoms with Crippen molar-refractivity contribution in [3.05, 3.63) is 10.6 Å². The summed E-state index contributed by atoms with van der Waals surface area (Å²) < 4.78 is 2.90. The minimum atomic E-state index is 0.501. The van der Waals surface area contributed by atoms with Crippen molar-refractivity contribution in [1.82, 2.24) is 14.8 Å².